The Hall–Kier alpha value is -1.90. The highest BCUT2D eigenvalue weighted by Crippen LogP contribution is 2.10. The average molecular weight is 364 g/mol. The van der Waals surface area contributed by atoms with Crippen molar-refractivity contribution in [2.24, 2.45) is 0 Å². The summed E-state index contributed by atoms with van der Waals surface area (Å²) in [7, 11) is 0. The Balaban J connectivity index is 1.28. The Morgan fingerprint density at radius 3 is 2.42 bits per heavy atom. The smallest absolute Gasteiger partial charge is 0.289 e. The van der Waals surface area contributed by atoms with Gasteiger partial charge in [-0.25, -0.2) is 0 Å². The monoisotopic (exact) mass is 364 g/mol. The van der Waals surface area contributed by atoms with Crippen LogP contribution in [0.2, 0.25) is 0 Å². The zero-order valence-corrected chi connectivity index (χ0v) is 15.2. The summed E-state index contributed by atoms with van der Waals surface area (Å²) in [4.78, 5) is 30.5. The fraction of sp³-hybridized carbons (Fsp3) is 0.667. The maximum absolute atomic E-state index is 12.3. The number of amides is 2. The molecule has 0 radical (unpaired) electrons. The lowest BCUT2D eigenvalue weighted by Gasteiger charge is -2.34. The van der Waals surface area contributed by atoms with Crippen LogP contribution in [-0.2, 0) is 9.53 Å². The molecule has 3 rings (SSSR count). The van der Waals surface area contributed by atoms with Crippen LogP contribution in [0.5, 0.6) is 0 Å². The minimum absolute atomic E-state index is 0.105. The highest BCUT2D eigenvalue weighted by atomic mass is 16.5. The van der Waals surface area contributed by atoms with E-state index in [1.54, 1.807) is 17.0 Å². The summed E-state index contributed by atoms with van der Waals surface area (Å²) >= 11 is 0. The number of hydrogen-bond donors (Lipinski definition) is 1. The third-order valence-electron chi connectivity index (χ3n) is 4.88. The summed E-state index contributed by atoms with van der Waals surface area (Å²) in [5, 5.41) is 3.34. The van der Waals surface area contributed by atoms with Gasteiger partial charge in [-0.15, -0.1) is 0 Å². The van der Waals surface area contributed by atoms with Crippen molar-refractivity contribution >= 4 is 11.8 Å². The van der Waals surface area contributed by atoms with Crippen LogP contribution in [0, 0.1) is 0 Å². The first kappa shape index (κ1) is 18.9. The summed E-state index contributed by atoms with van der Waals surface area (Å²) in [6.45, 7) is 8.44. The number of piperazine rings is 1. The maximum Gasteiger partial charge on any atom is 0.289 e. The molecule has 1 N–H and O–H groups in total. The molecule has 0 spiro atoms. The zero-order chi connectivity index (χ0) is 18.2. The van der Waals surface area contributed by atoms with Gasteiger partial charge in [-0.3, -0.25) is 14.5 Å². The Morgan fingerprint density at radius 2 is 1.73 bits per heavy atom. The van der Waals surface area contributed by atoms with Gasteiger partial charge in [0.1, 0.15) is 0 Å². The molecule has 1 aromatic rings. The lowest BCUT2D eigenvalue weighted by Crippen LogP contribution is -2.51. The van der Waals surface area contributed by atoms with Crippen LogP contribution in [0.15, 0.2) is 22.8 Å². The van der Waals surface area contributed by atoms with E-state index in [9.17, 15) is 9.59 Å². The van der Waals surface area contributed by atoms with Gasteiger partial charge in [0.15, 0.2) is 5.76 Å². The van der Waals surface area contributed by atoms with E-state index in [1.165, 1.54) is 6.26 Å². The van der Waals surface area contributed by atoms with Crippen molar-refractivity contribution in [1.29, 1.82) is 0 Å². The fourth-order valence-corrected chi connectivity index (χ4v) is 3.26. The molecule has 2 saturated heterocycles. The molecular formula is C18H28N4O4. The highest BCUT2D eigenvalue weighted by Gasteiger charge is 2.25. The molecular weight excluding hydrogens is 336 g/mol. The lowest BCUT2D eigenvalue weighted by molar-refractivity contribution is -0.132. The van der Waals surface area contributed by atoms with Crippen molar-refractivity contribution in [3.05, 3.63) is 24.2 Å². The number of nitrogens with zero attached hydrogens (tertiary/aromatic N) is 3. The Kier molecular flexibility index (Phi) is 7.04. The minimum Gasteiger partial charge on any atom is -0.459 e. The third kappa shape index (κ3) is 5.30. The van der Waals surface area contributed by atoms with Gasteiger partial charge in [-0.05, 0) is 12.1 Å². The van der Waals surface area contributed by atoms with Crippen molar-refractivity contribution in [1.82, 2.24) is 20.0 Å². The van der Waals surface area contributed by atoms with Crippen molar-refractivity contribution in [3.8, 4) is 0 Å². The van der Waals surface area contributed by atoms with E-state index < -0.39 is 0 Å². The predicted molar refractivity (Wildman–Crippen MR) is 95.9 cm³/mol. The SMILES string of the molecule is O=C(CCNCCN1CCOCC1)N1CCN(C(=O)c2ccco2)CC1. The number of carbonyl (C=O) groups excluding carboxylic acids is 2. The number of ether oxygens (including phenoxy) is 1. The summed E-state index contributed by atoms with van der Waals surface area (Å²) in [6, 6.07) is 3.38. The van der Waals surface area contributed by atoms with Crippen LogP contribution in [0.25, 0.3) is 0 Å². The molecule has 0 saturated carbocycles. The van der Waals surface area contributed by atoms with Gasteiger partial charge in [0.2, 0.25) is 5.91 Å². The molecule has 2 amide bonds. The van der Waals surface area contributed by atoms with Crippen molar-refractivity contribution in [2.75, 3.05) is 72.1 Å². The van der Waals surface area contributed by atoms with E-state index in [0.717, 1.165) is 39.4 Å². The summed E-state index contributed by atoms with van der Waals surface area (Å²) in [6.07, 6.45) is 1.99. The van der Waals surface area contributed by atoms with E-state index in [2.05, 4.69) is 10.2 Å². The first-order valence-electron chi connectivity index (χ1n) is 9.35. The zero-order valence-electron chi connectivity index (χ0n) is 15.2. The first-order valence-corrected chi connectivity index (χ1v) is 9.35. The van der Waals surface area contributed by atoms with Gasteiger partial charge in [0.05, 0.1) is 19.5 Å². The molecule has 0 aromatic carbocycles. The molecule has 0 unspecified atom stereocenters. The van der Waals surface area contributed by atoms with E-state index in [0.29, 0.717) is 44.9 Å². The molecule has 0 bridgehead atoms. The number of nitrogens with one attached hydrogen (secondary N) is 1. The van der Waals surface area contributed by atoms with E-state index in [-0.39, 0.29) is 11.8 Å². The predicted octanol–water partition coefficient (Wildman–Crippen LogP) is -0.124. The molecule has 26 heavy (non-hydrogen) atoms. The van der Waals surface area contributed by atoms with Crippen molar-refractivity contribution < 1.29 is 18.7 Å². The average Bonchev–Trinajstić information content (AvgIpc) is 3.23. The topological polar surface area (TPSA) is 78.3 Å². The molecule has 3 heterocycles. The number of hydrogen-bond acceptors (Lipinski definition) is 6. The second kappa shape index (κ2) is 9.70. The maximum atomic E-state index is 12.3. The second-order valence-electron chi connectivity index (χ2n) is 6.60. The van der Waals surface area contributed by atoms with Crippen LogP contribution < -0.4 is 5.32 Å². The molecule has 8 heteroatoms. The quantitative estimate of drug-likeness (QED) is 0.680. The van der Waals surface area contributed by atoms with Crippen LogP contribution in [0.4, 0.5) is 0 Å². The van der Waals surface area contributed by atoms with Crippen LogP contribution >= 0.6 is 0 Å². The third-order valence-corrected chi connectivity index (χ3v) is 4.88. The van der Waals surface area contributed by atoms with Crippen molar-refractivity contribution in [3.63, 3.8) is 0 Å². The van der Waals surface area contributed by atoms with Crippen LogP contribution in [0.3, 0.4) is 0 Å². The normalized spacial score (nSPS) is 18.9. The second-order valence-corrected chi connectivity index (χ2v) is 6.60. The fourth-order valence-electron chi connectivity index (χ4n) is 3.26. The Labute approximate surface area is 154 Å². The van der Waals surface area contributed by atoms with Crippen LogP contribution in [-0.4, -0.2) is 98.6 Å². The largest absolute Gasteiger partial charge is 0.459 e. The van der Waals surface area contributed by atoms with Gasteiger partial charge in [0.25, 0.3) is 5.91 Å². The number of rotatable bonds is 7. The van der Waals surface area contributed by atoms with Gasteiger partial charge in [-0.1, -0.05) is 0 Å². The minimum atomic E-state index is -0.105. The molecule has 1 aromatic heterocycles. The molecule has 2 aliphatic heterocycles. The Bertz CT molecular complexity index is 564. The molecule has 2 fully saturated rings. The Morgan fingerprint density at radius 1 is 1.00 bits per heavy atom. The van der Waals surface area contributed by atoms with Crippen LogP contribution in [0.1, 0.15) is 17.0 Å². The molecule has 0 aliphatic carbocycles. The first-order chi connectivity index (χ1) is 12.7. The highest BCUT2D eigenvalue weighted by molar-refractivity contribution is 5.91. The van der Waals surface area contributed by atoms with E-state index >= 15 is 0 Å². The summed E-state index contributed by atoms with van der Waals surface area (Å²) < 4.78 is 10.5. The van der Waals surface area contributed by atoms with Gasteiger partial charge in [-0.2, -0.15) is 0 Å². The van der Waals surface area contributed by atoms with E-state index in [4.69, 9.17) is 9.15 Å². The van der Waals surface area contributed by atoms with E-state index in [1.807, 2.05) is 4.90 Å². The standard InChI is InChI=1S/C18H28N4O4/c23-17(3-4-19-5-6-20-11-14-25-15-12-20)21-7-9-22(10-8-21)18(24)16-2-1-13-26-16/h1-2,13,19H,3-12,14-15H2. The van der Waals surface area contributed by atoms with Gasteiger partial charge in [0, 0.05) is 65.3 Å². The number of carbonyl (C=O) groups is 2. The lowest BCUT2D eigenvalue weighted by atomic mass is 10.2. The molecule has 0 atom stereocenters. The summed E-state index contributed by atoms with van der Waals surface area (Å²) in [5.74, 6) is 0.398. The van der Waals surface area contributed by atoms with Gasteiger partial charge < -0.3 is 24.3 Å². The molecule has 2 aliphatic rings. The van der Waals surface area contributed by atoms with Crippen molar-refractivity contribution in [2.45, 2.75) is 6.42 Å². The molecule has 8 nitrogen and oxygen atoms in total. The number of morpholine rings is 1. The number of furan rings is 1. The summed E-state index contributed by atoms with van der Waals surface area (Å²) in [5.41, 5.74) is 0. The van der Waals surface area contributed by atoms with Gasteiger partial charge >= 0.3 is 0 Å². The molecule has 144 valence electrons.